The third kappa shape index (κ3) is 4.87. The zero-order valence-corrected chi connectivity index (χ0v) is 17.4. The Bertz CT molecular complexity index is 872. The summed E-state index contributed by atoms with van der Waals surface area (Å²) >= 11 is 6.33. The zero-order chi connectivity index (χ0) is 20.3. The van der Waals surface area contributed by atoms with Crippen molar-refractivity contribution in [2.75, 3.05) is 12.4 Å². The summed E-state index contributed by atoms with van der Waals surface area (Å²) in [4.78, 5) is 12.4. The molecule has 2 aromatic rings. The van der Waals surface area contributed by atoms with Crippen LogP contribution in [0.3, 0.4) is 0 Å². The van der Waals surface area contributed by atoms with E-state index in [2.05, 4.69) is 17.3 Å². The molecule has 1 N–H and O–H groups in total. The van der Waals surface area contributed by atoms with Crippen LogP contribution in [0.25, 0.3) is 6.08 Å². The number of carbonyl (C=O) groups is 1. The van der Waals surface area contributed by atoms with Crippen LogP contribution in [0.15, 0.2) is 30.5 Å². The van der Waals surface area contributed by atoms with Crippen LogP contribution in [-0.4, -0.2) is 28.9 Å². The number of ether oxygens (including phenoxy) is 2. The van der Waals surface area contributed by atoms with E-state index < -0.39 is 0 Å². The third-order valence-corrected chi connectivity index (χ3v) is 4.92. The number of aromatic nitrogens is 2. The Morgan fingerprint density at radius 3 is 2.75 bits per heavy atom. The summed E-state index contributed by atoms with van der Waals surface area (Å²) in [5.74, 6) is 2.14. The molecule has 6 nitrogen and oxygen atoms in total. The van der Waals surface area contributed by atoms with Crippen molar-refractivity contribution in [1.29, 1.82) is 0 Å². The second-order valence-electron chi connectivity index (χ2n) is 7.26. The van der Waals surface area contributed by atoms with E-state index in [1.807, 2.05) is 24.6 Å². The number of rotatable bonds is 8. The molecule has 0 bridgehead atoms. The Morgan fingerprint density at radius 2 is 2.11 bits per heavy atom. The molecule has 1 aromatic carbocycles. The first-order chi connectivity index (χ1) is 13.4. The first-order valence-corrected chi connectivity index (χ1v) is 9.83. The summed E-state index contributed by atoms with van der Waals surface area (Å²) in [6.45, 7) is 5.97. The molecule has 1 saturated carbocycles. The van der Waals surface area contributed by atoms with Crippen molar-refractivity contribution in [3.63, 3.8) is 0 Å². The van der Waals surface area contributed by atoms with Gasteiger partial charge in [0.15, 0.2) is 11.5 Å². The van der Waals surface area contributed by atoms with Gasteiger partial charge in [-0.1, -0.05) is 11.6 Å². The van der Waals surface area contributed by atoms with Crippen LogP contribution in [-0.2, 0) is 4.79 Å². The quantitative estimate of drug-likeness (QED) is 0.633. The number of halogens is 1. The Hall–Kier alpha value is -2.47. The lowest BCUT2D eigenvalue weighted by Gasteiger charge is -2.15. The average Bonchev–Trinajstić information content (AvgIpc) is 3.40. The topological polar surface area (TPSA) is 65.4 Å². The average molecular weight is 404 g/mol. The fourth-order valence-electron chi connectivity index (χ4n) is 3.04. The molecule has 0 spiro atoms. The predicted molar refractivity (Wildman–Crippen MR) is 111 cm³/mol. The predicted octanol–water partition coefficient (Wildman–Crippen LogP) is 4.96. The Labute approximate surface area is 170 Å². The van der Waals surface area contributed by atoms with Gasteiger partial charge in [0.2, 0.25) is 5.91 Å². The van der Waals surface area contributed by atoms with E-state index in [1.54, 1.807) is 31.5 Å². The van der Waals surface area contributed by atoms with Crippen molar-refractivity contribution < 1.29 is 14.3 Å². The molecule has 1 fully saturated rings. The molecule has 1 aromatic heterocycles. The van der Waals surface area contributed by atoms with Crippen molar-refractivity contribution in [3.05, 3.63) is 41.1 Å². The summed E-state index contributed by atoms with van der Waals surface area (Å²) in [5.41, 5.74) is 0.743. The molecule has 7 heteroatoms. The van der Waals surface area contributed by atoms with Crippen LogP contribution in [0.5, 0.6) is 11.5 Å². The Kier molecular flexibility index (Phi) is 6.29. The van der Waals surface area contributed by atoms with Gasteiger partial charge in [-0.15, -0.1) is 0 Å². The molecule has 1 atom stereocenters. The first kappa shape index (κ1) is 20.3. The van der Waals surface area contributed by atoms with Crippen molar-refractivity contribution >= 4 is 29.4 Å². The van der Waals surface area contributed by atoms with Gasteiger partial charge in [-0.25, -0.2) is 4.68 Å². The van der Waals surface area contributed by atoms with Gasteiger partial charge in [-0.3, -0.25) is 4.79 Å². The van der Waals surface area contributed by atoms with E-state index in [4.69, 9.17) is 21.1 Å². The van der Waals surface area contributed by atoms with Crippen molar-refractivity contribution in [2.24, 2.45) is 5.92 Å². The number of anilines is 1. The monoisotopic (exact) mass is 403 g/mol. The molecule has 1 aliphatic rings. The molecule has 1 aliphatic carbocycles. The standard InChI is InChI=1S/C21H26ClN3O3/c1-13(2)28-21-17(22)11-15(12-18(21)27-4)5-8-20(26)24-19-9-10-23-25(19)14(3)16-6-7-16/h5,8-14,16H,6-7H2,1-4H3,(H,24,26)/b8-5+. The summed E-state index contributed by atoms with van der Waals surface area (Å²) < 4.78 is 13.0. The molecule has 3 rings (SSSR count). The maximum atomic E-state index is 12.4. The van der Waals surface area contributed by atoms with Crippen molar-refractivity contribution in [3.8, 4) is 11.5 Å². The molecule has 0 radical (unpaired) electrons. The van der Waals surface area contributed by atoms with Gasteiger partial charge in [0, 0.05) is 12.1 Å². The van der Waals surface area contributed by atoms with Crippen LogP contribution in [0, 0.1) is 5.92 Å². The van der Waals surface area contributed by atoms with Gasteiger partial charge in [0.1, 0.15) is 5.82 Å². The maximum Gasteiger partial charge on any atom is 0.249 e. The number of hydrogen-bond acceptors (Lipinski definition) is 4. The SMILES string of the molecule is COc1cc(/C=C/C(=O)Nc2ccnn2C(C)C2CC2)cc(Cl)c1OC(C)C. The van der Waals surface area contributed by atoms with Crippen molar-refractivity contribution in [2.45, 2.75) is 45.8 Å². The largest absolute Gasteiger partial charge is 0.493 e. The van der Waals surface area contributed by atoms with E-state index in [-0.39, 0.29) is 18.1 Å². The summed E-state index contributed by atoms with van der Waals surface area (Å²) in [6.07, 6.45) is 7.26. The minimum Gasteiger partial charge on any atom is -0.493 e. The Balaban J connectivity index is 1.71. The molecule has 1 heterocycles. The highest BCUT2D eigenvalue weighted by atomic mass is 35.5. The molecular weight excluding hydrogens is 378 g/mol. The number of nitrogens with one attached hydrogen (secondary N) is 1. The highest BCUT2D eigenvalue weighted by molar-refractivity contribution is 6.32. The van der Waals surface area contributed by atoms with Crippen LogP contribution in [0.4, 0.5) is 5.82 Å². The summed E-state index contributed by atoms with van der Waals surface area (Å²) in [7, 11) is 1.56. The minimum atomic E-state index is -0.234. The highest BCUT2D eigenvalue weighted by Crippen LogP contribution is 2.40. The molecule has 28 heavy (non-hydrogen) atoms. The molecule has 0 aliphatic heterocycles. The number of amides is 1. The van der Waals surface area contributed by atoms with Crippen LogP contribution in [0.1, 0.15) is 45.2 Å². The lowest BCUT2D eigenvalue weighted by atomic mass is 10.2. The zero-order valence-electron chi connectivity index (χ0n) is 16.6. The van der Waals surface area contributed by atoms with Gasteiger partial charge >= 0.3 is 0 Å². The van der Waals surface area contributed by atoms with Gasteiger partial charge in [0.05, 0.1) is 30.5 Å². The van der Waals surface area contributed by atoms with Crippen LogP contribution >= 0.6 is 11.6 Å². The fourth-order valence-corrected chi connectivity index (χ4v) is 3.31. The highest BCUT2D eigenvalue weighted by Gasteiger charge is 2.30. The third-order valence-electron chi connectivity index (χ3n) is 4.64. The number of methoxy groups -OCH3 is 1. The van der Waals surface area contributed by atoms with E-state index in [9.17, 15) is 4.79 Å². The van der Waals surface area contributed by atoms with Crippen molar-refractivity contribution in [1.82, 2.24) is 9.78 Å². The number of benzene rings is 1. The molecular formula is C21H26ClN3O3. The molecule has 150 valence electrons. The Morgan fingerprint density at radius 1 is 1.36 bits per heavy atom. The van der Waals surface area contributed by atoms with E-state index in [1.165, 1.54) is 18.9 Å². The fraction of sp³-hybridized carbons (Fsp3) is 0.429. The van der Waals surface area contributed by atoms with Crippen LogP contribution in [0.2, 0.25) is 5.02 Å². The molecule has 1 amide bonds. The van der Waals surface area contributed by atoms with E-state index in [0.717, 1.165) is 5.56 Å². The lowest BCUT2D eigenvalue weighted by molar-refractivity contribution is -0.111. The smallest absolute Gasteiger partial charge is 0.249 e. The number of carbonyl (C=O) groups excluding carboxylic acids is 1. The summed E-state index contributed by atoms with van der Waals surface area (Å²) in [5, 5.41) is 7.67. The van der Waals surface area contributed by atoms with E-state index >= 15 is 0 Å². The summed E-state index contributed by atoms with van der Waals surface area (Å²) in [6, 6.07) is 5.62. The first-order valence-electron chi connectivity index (χ1n) is 9.45. The van der Waals surface area contributed by atoms with Gasteiger partial charge in [-0.2, -0.15) is 5.10 Å². The van der Waals surface area contributed by atoms with Gasteiger partial charge < -0.3 is 14.8 Å². The normalized spacial score (nSPS) is 15.1. The number of nitrogens with zero attached hydrogens (tertiary/aromatic N) is 2. The molecule has 0 saturated heterocycles. The second-order valence-corrected chi connectivity index (χ2v) is 7.67. The van der Waals surface area contributed by atoms with Gasteiger partial charge in [0.25, 0.3) is 0 Å². The second kappa shape index (κ2) is 8.69. The van der Waals surface area contributed by atoms with Crippen LogP contribution < -0.4 is 14.8 Å². The maximum absolute atomic E-state index is 12.4. The lowest BCUT2D eigenvalue weighted by Crippen LogP contribution is -2.16. The van der Waals surface area contributed by atoms with E-state index in [0.29, 0.717) is 28.3 Å². The van der Waals surface area contributed by atoms with Gasteiger partial charge in [-0.05, 0) is 63.3 Å². The molecule has 1 unspecified atom stereocenters. The minimum absolute atomic E-state index is 0.0264. The number of hydrogen-bond donors (Lipinski definition) is 1.